The van der Waals surface area contributed by atoms with Gasteiger partial charge in [0.05, 0.1) is 13.2 Å². The molecular weight excluding hydrogens is 288 g/mol. The van der Waals surface area contributed by atoms with E-state index in [-0.39, 0.29) is 5.82 Å². The van der Waals surface area contributed by atoms with Crippen molar-refractivity contribution in [2.45, 2.75) is 6.04 Å². The van der Waals surface area contributed by atoms with E-state index in [0.29, 0.717) is 26.9 Å². The Morgan fingerprint density at radius 1 is 1.11 bits per heavy atom. The van der Waals surface area contributed by atoms with Gasteiger partial charge in [0.15, 0.2) is 0 Å². The lowest BCUT2D eigenvalue weighted by Crippen LogP contribution is -2.14. The summed E-state index contributed by atoms with van der Waals surface area (Å²) >= 11 is 12.0. The largest absolute Gasteiger partial charge is 0.496 e. The summed E-state index contributed by atoms with van der Waals surface area (Å²) in [6, 6.07) is 8.62. The second-order valence-electron chi connectivity index (χ2n) is 4.03. The molecule has 0 saturated carbocycles. The molecule has 0 aliphatic carbocycles. The molecule has 2 aromatic carbocycles. The second kappa shape index (κ2) is 5.78. The number of rotatable bonds is 3. The number of hydrogen-bond acceptors (Lipinski definition) is 2. The zero-order chi connectivity index (χ0) is 14.0. The van der Waals surface area contributed by atoms with Crippen molar-refractivity contribution in [3.05, 3.63) is 63.4 Å². The Labute approximate surface area is 120 Å². The second-order valence-corrected chi connectivity index (χ2v) is 4.87. The first-order valence-electron chi connectivity index (χ1n) is 5.57. The number of halogens is 3. The molecule has 0 bridgehead atoms. The summed E-state index contributed by atoms with van der Waals surface area (Å²) < 4.78 is 18.5. The van der Waals surface area contributed by atoms with Gasteiger partial charge in [-0.1, -0.05) is 29.3 Å². The van der Waals surface area contributed by atoms with Gasteiger partial charge in [0, 0.05) is 15.6 Å². The maximum atomic E-state index is 13.4. The van der Waals surface area contributed by atoms with Crippen LogP contribution in [-0.2, 0) is 0 Å². The predicted octanol–water partition coefficient (Wildman–Crippen LogP) is 4.19. The minimum atomic E-state index is -0.588. The summed E-state index contributed by atoms with van der Waals surface area (Å²) in [5, 5.41) is 0.957. The van der Waals surface area contributed by atoms with Crippen LogP contribution in [0.2, 0.25) is 10.0 Å². The van der Waals surface area contributed by atoms with Crippen LogP contribution in [0.1, 0.15) is 17.2 Å². The zero-order valence-electron chi connectivity index (χ0n) is 10.2. The van der Waals surface area contributed by atoms with Crippen molar-refractivity contribution in [2.24, 2.45) is 5.73 Å². The van der Waals surface area contributed by atoms with E-state index in [9.17, 15) is 4.39 Å². The molecule has 1 atom stereocenters. The molecule has 0 aromatic heterocycles. The van der Waals surface area contributed by atoms with Crippen molar-refractivity contribution >= 4 is 23.2 Å². The minimum Gasteiger partial charge on any atom is -0.496 e. The van der Waals surface area contributed by atoms with Gasteiger partial charge in [0.1, 0.15) is 11.6 Å². The van der Waals surface area contributed by atoms with Gasteiger partial charge >= 0.3 is 0 Å². The number of hydrogen-bond donors (Lipinski definition) is 1. The van der Waals surface area contributed by atoms with E-state index in [0.717, 1.165) is 0 Å². The summed E-state index contributed by atoms with van der Waals surface area (Å²) in [5.41, 5.74) is 7.33. The fraction of sp³-hybridized carbons (Fsp3) is 0.143. The van der Waals surface area contributed by atoms with Crippen molar-refractivity contribution in [1.82, 2.24) is 0 Å². The monoisotopic (exact) mass is 299 g/mol. The molecule has 1 unspecified atom stereocenters. The lowest BCUT2D eigenvalue weighted by atomic mass is 9.98. The van der Waals surface area contributed by atoms with E-state index in [4.69, 9.17) is 33.7 Å². The van der Waals surface area contributed by atoms with Crippen LogP contribution in [0.15, 0.2) is 36.4 Å². The molecule has 0 heterocycles. The molecule has 0 aliphatic rings. The molecule has 0 spiro atoms. The summed E-state index contributed by atoms with van der Waals surface area (Å²) in [7, 11) is 1.51. The molecule has 2 N–H and O–H groups in total. The smallest absolute Gasteiger partial charge is 0.124 e. The average Bonchev–Trinajstić information content (AvgIpc) is 2.38. The van der Waals surface area contributed by atoms with Crippen LogP contribution in [0.5, 0.6) is 5.75 Å². The lowest BCUT2D eigenvalue weighted by molar-refractivity contribution is 0.406. The first kappa shape index (κ1) is 14.1. The summed E-state index contributed by atoms with van der Waals surface area (Å²) in [6.07, 6.45) is 0. The van der Waals surface area contributed by atoms with Gasteiger partial charge in [-0.15, -0.1) is 0 Å². The van der Waals surface area contributed by atoms with Crippen LogP contribution in [0.4, 0.5) is 4.39 Å². The van der Waals surface area contributed by atoms with E-state index in [1.165, 1.54) is 25.3 Å². The van der Waals surface area contributed by atoms with Gasteiger partial charge in [-0.25, -0.2) is 4.39 Å². The fourth-order valence-electron chi connectivity index (χ4n) is 1.87. The molecule has 5 heteroatoms. The first-order valence-corrected chi connectivity index (χ1v) is 6.32. The Morgan fingerprint density at radius 2 is 1.84 bits per heavy atom. The van der Waals surface area contributed by atoms with Crippen LogP contribution < -0.4 is 10.5 Å². The van der Waals surface area contributed by atoms with Gasteiger partial charge in [0.25, 0.3) is 0 Å². The maximum absolute atomic E-state index is 13.4. The Bertz CT molecular complexity index is 604. The molecule has 0 radical (unpaired) electrons. The van der Waals surface area contributed by atoms with Gasteiger partial charge < -0.3 is 10.5 Å². The Balaban J connectivity index is 2.49. The quantitative estimate of drug-likeness (QED) is 0.922. The Morgan fingerprint density at radius 3 is 2.47 bits per heavy atom. The van der Waals surface area contributed by atoms with E-state index < -0.39 is 6.04 Å². The van der Waals surface area contributed by atoms with E-state index in [1.54, 1.807) is 18.2 Å². The molecule has 2 aromatic rings. The van der Waals surface area contributed by atoms with Gasteiger partial charge in [-0.2, -0.15) is 0 Å². The van der Waals surface area contributed by atoms with Crippen molar-refractivity contribution in [3.8, 4) is 5.75 Å². The summed E-state index contributed by atoms with van der Waals surface area (Å²) in [5.74, 6) is 0.135. The number of nitrogens with two attached hydrogens (primary N) is 1. The van der Waals surface area contributed by atoms with Gasteiger partial charge in [-0.3, -0.25) is 0 Å². The zero-order valence-corrected chi connectivity index (χ0v) is 11.7. The van der Waals surface area contributed by atoms with Crippen molar-refractivity contribution in [3.63, 3.8) is 0 Å². The Hall–Kier alpha value is -1.29. The first-order chi connectivity index (χ1) is 9.02. The van der Waals surface area contributed by atoms with Crippen LogP contribution in [0, 0.1) is 5.82 Å². The van der Waals surface area contributed by atoms with E-state index in [2.05, 4.69) is 0 Å². The highest BCUT2D eigenvalue weighted by atomic mass is 35.5. The molecular formula is C14H12Cl2FNO. The van der Waals surface area contributed by atoms with Gasteiger partial charge in [0.2, 0.25) is 0 Å². The van der Waals surface area contributed by atoms with E-state index >= 15 is 0 Å². The summed E-state index contributed by atoms with van der Waals surface area (Å²) in [4.78, 5) is 0. The minimum absolute atomic E-state index is 0.378. The molecule has 19 heavy (non-hydrogen) atoms. The van der Waals surface area contributed by atoms with E-state index in [1.807, 2.05) is 0 Å². The highest BCUT2D eigenvalue weighted by Gasteiger charge is 2.17. The lowest BCUT2D eigenvalue weighted by Gasteiger charge is -2.17. The van der Waals surface area contributed by atoms with Crippen molar-refractivity contribution in [2.75, 3.05) is 7.11 Å². The average molecular weight is 300 g/mol. The number of benzene rings is 2. The normalized spacial score (nSPS) is 12.3. The fourth-order valence-corrected chi connectivity index (χ4v) is 2.40. The molecule has 100 valence electrons. The van der Waals surface area contributed by atoms with Crippen LogP contribution in [-0.4, -0.2) is 7.11 Å². The molecule has 2 nitrogen and oxygen atoms in total. The van der Waals surface area contributed by atoms with Crippen molar-refractivity contribution < 1.29 is 9.13 Å². The summed E-state index contributed by atoms with van der Waals surface area (Å²) in [6.45, 7) is 0. The number of methoxy groups -OCH3 is 1. The van der Waals surface area contributed by atoms with Crippen LogP contribution in [0.25, 0.3) is 0 Å². The topological polar surface area (TPSA) is 35.2 Å². The molecule has 0 amide bonds. The van der Waals surface area contributed by atoms with Crippen LogP contribution >= 0.6 is 23.2 Å². The highest BCUT2D eigenvalue weighted by Crippen LogP contribution is 2.33. The molecule has 2 rings (SSSR count). The van der Waals surface area contributed by atoms with Crippen molar-refractivity contribution in [1.29, 1.82) is 0 Å². The third-order valence-electron chi connectivity index (χ3n) is 2.82. The molecule has 0 saturated heterocycles. The standard InChI is InChI=1S/C14H12Cl2FNO/c1-19-13-5-3-9(17)7-11(13)14(18)10-4-2-8(15)6-12(10)16/h2-7,14H,18H2,1H3. The van der Waals surface area contributed by atoms with Gasteiger partial charge in [-0.05, 0) is 35.9 Å². The number of ether oxygens (including phenoxy) is 1. The predicted molar refractivity (Wildman–Crippen MR) is 75.4 cm³/mol. The van der Waals surface area contributed by atoms with Crippen LogP contribution in [0.3, 0.4) is 0 Å². The SMILES string of the molecule is COc1ccc(F)cc1C(N)c1ccc(Cl)cc1Cl. The highest BCUT2D eigenvalue weighted by molar-refractivity contribution is 6.35. The molecule has 0 fully saturated rings. The third kappa shape index (κ3) is 3.00. The third-order valence-corrected chi connectivity index (χ3v) is 3.39. The Kier molecular flexibility index (Phi) is 4.30. The molecule has 0 aliphatic heterocycles. The maximum Gasteiger partial charge on any atom is 0.124 e.